The van der Waals surface area contributed by atoms with Gasteiger partial charge < -0.3 is 10.6 Å². The van der Waals surface area contributed by atoms with Crippen molar-refractivity contribution in [3.63, 3.8) is 0 Å². The number of rotatable bonds is 4. The van der Waals surface area contributed by atoms with Gasteiger partial charge in [0.2, 0.25) is 0 Å². The van der Waals surface area contributed by atoms with Crippen LogP contribution in [-0.4, -0.2) is 19.1 Å². The fourth-order valence-corrected chi connectivity index (χ4v) is 1.73. The quantitative estimate of drug-likeness (QED) is 0.792. The van der Waals surface area contributed by atoms with E-state index in [1.807, 2.05) is 0 Å². The molecule has 0 saturated heterocycles. The maximum Gasteiger partial charge on any atom is 0.0398 e. The Morgan fingerprint density at radius 2 is 2.00 bits per heavy atom. The van der Waals surface area contributed by atoms with Gasteiger partial charge in [-0.25, -0.2) is 0 Å². The molecule has 0 saturated carbocycles. The van der Waals surface area contributed by atoms with E-state index in [1.54, 1.807) is 0 Å². The van der Waals surface area contributed by atoms with Crippen LogP contribution in [0.4, 0.5) is 5.69 Å². The molecule has 0 radical (unpaired) electrons. The Kier molecular flexibility index (Phi) is 3.96. The largest absolute Gasteiger partial charge is 0.368 e. The highest BCUT2D eigenvalue weighted by Gasteiger charge is 2.12. The predicted octanol–water partition coefficient (Wildman–Crippen LogP) is 2.17. The third-order valence-corrected chi connectivity index (χ3v) is 2.64. The number of aryl methyl sites for hydroxylation is 1. The minimum atomic E-state index is 0.404. The van der Waals surface area contributed by atoms with E-state index in [0.29, 0.717) is 12.6 Å². The molecule has 0 heterocycles. The number of hydrogen-bond donors (Lipinski definition) is 1. The summed E-state index contributed by atoms with van der Waals surface area (Å²) in [6.45, 7) is 8.17. The summed E-state index contributed by atoms with van der Waals surface area (Å²) in [5, 5.41) is 0. The molecule has 0 aliphatic heterocycles. The number of nitrogens with two attached hydrogens (primary N) is 1. The molecule has 0 amide bonds. The van der Waals surface area contributed by atoms with Gasteiger partial charge in [-0.05, 0) is 32.4 Å². The molecule has 1 atom stereocenters. The van der Waals surface area contributed by atoms with E-state index in [1.165, 1.54) is 11.3 Å². The molecule has 0 spiro atoms. The molecule has 0 aromatic heterocycles. The zero-order chi connectivity index (χ0) is 10.6. The summed E-state index contributed by atoms with van der Waals surface area (Å²) in [6, 6.07) is 8.85. The zero-order valence-electron chi connectivity index (χ0n) is 9.33. The molecule has 2 nitrogen and oxygen atoms in total. The molecule has 1 aromatic rings. The highest BCUT2D eigenvalue weighted by atomic mass is 15.2. The molecule has 1 rings (SSSR count). The van der Waals surface area contributed by atoms with Gasteiger partial charge >= 0.3 is 0 Å². The monoisotopic (exact) mass is 192 g/mol. The summed E-state index contributed by atoms with van der Waals surface area (Å²) in [4.78, 5) is 2.34. The van der Waals surface area contributed by atoms with Crippen molar-refractivity contribution in [3.8, 4) is 0 Å². The van der Waals surface area contributed by atoms with Gasteiger partial charge in [-0.2, -0.15) is 0 Å². The van der Waals surface area contributed by atoms with Gasteiger partial charge in [0.25, 0.3) is 0 Å². The smallest absolute Gasteiger partial charge is 0.0398 e. The van der Waals surface area contributed by atoms with Gasteiger partial charge in [0, 0.05) is 24.8 Å². The maximum absolute atomic E-state index is 5.69. The Labute approximate surface area is 86.7 Å². The van der Waals surface area contributed by atoms with Crippen LogP contribution in [0.15, 0.2) is 24.3 Å². The Bertz CT molecular complexity index is 283. The van der Waals surface area contributed by atoms with Crippen LogP contribution in [0.3, 0.4) is 0 Å². The molecular weight excluding hydrogens is 172 g/mol. The van der Waals surface area contributed by atoms with E-state index in [-0.39, 0.29) is 0 Å². The number of nitrogens with zero attached hydrogens (tertiary/aromatic N) is 1. The van der Waals surface area contributed by atoms with E-state index < -0.39 is 0 Å². The van der Waals surface area contributed by atoms with Crippen LogP contribution in [-0.2, 0) is 0 Å². The fraction of sp³-hybridized carbons (Fsp3) is 0.500. The Morgan fingerprint density at radius 1 is 1.36 bits per heavy atom. The van der Waals surface area contributed by atoms with E-state index in [0.717, 1.165) is 6.54 Å². The number of anilines is 1. The van der Waals surface area contributed by atoms with Crippen LogP contribution in [0.2, 0.25) is 0 Å². The third kappa shape index (κ3) is 2.26. The molecule has 0 aliphatic rings. The summed E-state index contributed by atoms with van der Waals surface area (Å²) in [5.41, 5.74) is 8.31. The van der Waals surface area contributed by atoms with Crippen molar-refractivity contribution in [2.45, 2.75) is 26.8 Å². The first-order valence-corrected chi connectivity index (χ1v) is 5.23. The molecule has 0 aliphatic carbocycles. The topological polar surface area (TPSA) is 29.3 Å². The van der Waals surface area contributed by atoms with E-state index in [2.05, 4.69) is 49.9 Å². The second-order valence-electron chi connectivity index (χ2n) is 3.66. The molecule has 0 bridgehead atoms. The lowest BCUT2D eigenvalue weighted by atomic mass is 10.1. The minimum Gasteiger partial charge on any atom is -0.368 e. The average molecular weight is 192 g/mol. The summed E-state index contributed by atoms with van der Waals surface area (Å²) in [6.07, 6.45) is 0. The van der Waals surface area contributed by atoms with Crippen LogP contribution in [0.5, 0.6) is 0 Å². The van der Waals surface area contributed by atoms with Crippen molar-refractivity contribution in [3.05, 3.63) is 29.8 Å². The highest BCUT2D eigenvalue weighted by Crippen LogP contribution is 2.20. The zero-order valence-corrected chi connectivity index (χ0v) is 9.33. The van der Waals surface area contributed by atoms with Crippen LogP contribution in [0.25, 0.3) is 0 Å². The van der Waals surface area contributed by atoms with Crippen molar-refractivity contribution in [1.82, 2.24) is 0 Å². The Hall–Kier alpha value is -1.02. The lowest BCUT2D eigenvalue weighted by Gasteiger charge is -2.30. The summed E-state index contributed by atoms with van der Waals surface area (Å²) in [5.74, 6) is 0. The molecule has 2 N–H and O–H groups in total. The molecule has 0 fully saturated rings. The average Bonchev–Trinajstić information content (AvgIpc) is 2.21. The van der Waals surface area contributed by atoms with Gasteiger partial charge in [-0.1, -0.05) is 18.2 Å². The minimum absolute atomic E-state index is 0.404. The highest BCUT2D eigenvalue weighted by molar-refractivity contribution is 5.53. The second-order valence-corrected chi connectivity index (χ2v) is 3.66. The SMILES string of the molecule is CCN(c1ccccc1C)C(C)CN. The van der Waals surface area contributed by atoms with Crippen molar-refractivity contribution >= 4 is 5.69 Å². The first kappa shape index (κ1) is 11.1. The van der Waals surface area contributed by atoms with E-state index in [4.69, 9.17) is 5.73 Å². The number of hydrogen-bond acceptors (Lipinski definition) is 2. The Balaban J connectivity index is 2.94. The molecule has 1 aromatic carbocycles. The standard InChI is InChI=1S/C12H20N2/c1-4-14(11(3)9-13)12-8-6-5-7-10(12)2/h5-8,11H,4,9,13H2,1-3H3. The first-order valence-electron chi connectivity index (χ1n) is 5.23. The van der Waals surface area contributed by atoms with E-state index in [9.17, 15) is 0 Å². The van der Waals surface area contributed by atoms with Crippen molar-refractivity contribution in [1.29, 1.82) is 0 Å². The number of likely N-dealkylation sites (N-methyl/N-ethyl adjacent to an activating group) is 1. The molecule has 1 unspecified atom stereocenters. The van der Waals surface area contributed by atoms with Gasteiger partial charge in [0.05, 0.1) is 0 Å². The number of para-hydroxylation sites is 1. The normalized spacial score (nSPS) is 12.6. The van der Waals surface area contributed by atoms with Gasteiger partial charge in [-0.15, -0.1) is 0 Å². The second kappa shape index (κ2) is 5.01. The van der Waals surface area contributed by atoms with Gasteiger partial charge in [0.1, 0.15) is 0 Å². The van der Waals surface area contributed by atoms with Crippen LogP contribution >= 0.6 is 0 Å². The maximum atomic E-state index is 5.69. The van der Waals surface area contributed by atoms with Crippen LogP contribution < -0.4 is 10.6 Å². The molecule has 14 heavy (non-hydrogen) atoms. The Morgan fingerprint density at radius 3 is 2.50 bits per heavy atom. The lowest BCUT2D eigenvalue weighted by Crippen LogP contribution is -2.38. The van der Waals surface area contributed by atoms with E-state index >= 15 is 0 Å². The third-order valence-electron chi connectivity index (χ3n) is 2.64. The summed E-state index contributed by atoms with van der Waals surface area (Å²) >= 11 is 0. The number of benzene rings is 1. The fourth-order valence-electron chi connectivity index (χ4n) is 1.73. The first-order chi connectivity index (χ1) is 6.70. The molecule has 78 valence electrons. The summed E-state index contributed by atoms with van der Waals surface area (Å²) in [7, 11) is 0. The van der Waals surface area contributed by atoms with Crippen molar-refractivity contribution < 1.29 is 0 Å². The van der Waals surface area contributed by atoms with Crippen molar-refractivity contribution in [2.24, 2.45) is 5.73 Å². The predicted molar refractivity (Wildman–Crippen MR) is 62.7 cm³/mol. The van der Waals surface area contributed by atoms with Crippen molar-refractivity contribution in [2.75, 3.05) is 18.0 Å². The van der Waals surface area contributed by atoms with Crippen LogP contribution in [0, 0.1) is 6.92 Å². The van der Waals surface area contributed by atoms with Crippen LogP contribution in [0.1, 0.15) is 19.4 Å². The lowest BCUT2D eigenvalue weighted by molar-refractivity contribution is 0.656. The van der Waals surface area contributed by atoms with Gasteiger partial charge in [-0.3, -0.25) is 0 Å². The summed E-state index contributed by atoms with van der Waals surface area (Å²) < 4.78 is 0. The molecular formula is C12H20N2. The van der Waals surface area contributed by atoms with Gasteiger partial charge in [0.15, 0.2) is 0 Å². The molecule has 2 heteroatoms.